The van der Waals surface area contributed by atoms with Crippen LogP contribution in [0.2, 0.25) is 0 Å². The van der Waals surface area contributed by atoms with Crippen molar-refractivity contribution in [3.63, 3.8) is 0 Å². The summed E-state index contributed by atoms with van der Waals surface area (Å²) in [5.41, 5.74) is 7.50. The summed E-state index contributed by atoms with van der Waals surface area (Å²) in [6.45, 7) is 11.7. The lowest BCUT2D eigenvalue weighted by Crippen LogP contribution is -2.35. The molecule has 0 bridgehead atoms. The van der Waals surface area contributed by atoms with Crippen LogP contribution in [0.4, 0.5) is 4.39 Å². The molecule has 0 amide bonds. The molecule has 5 heteroatoms. The van der Waals surface area contributed by atoms with Crippen LogP contribution in [-0.4, -0.2) is 22.2 Å². The van der Waals surface area contributed by atoms with Gasteiger partial charge >= 0.3 is 0 Å². The Kier molecular flexibility index (Phi) is 6.80. The molecule has 0 radical (unpaired) electrons. The van der Waals surface area contributed by atoms with Gasteiger partial charge in [0.25, 0.3) is 0 Å². The van der Waals surface area contributed by atoms with Gasteiger partial charge in [-0.2, -0.15) is 0 Å². The fourth-order valence-corrected chi connectivity index (χ4v) is 8.64. The van der Waals surface area contributed by atoms with Gasteiger partial charge in [-0.25, -0.2) is 4.39 Å². The maximum absolute atomic E-state index is 14.0. The first-order valence-electron chi connectivity index (χ1n) is 15.2. The zero-order chi connectivity index (χ0) is 27.8. The molecule has 2 saturated carbocycles. The van der Waals surface area contributed by atoms with Crippen molar-refractivity contribution in [1.82, 2.24) is 4.98 Å². The van der Waals surface area contributed by atoms with Crippen molar-refractivity contribution < 1.29 is 13.3 Å². The minimum Gasteiger partial charge on any atom is -0.358 e. The molecule has 2 fully saturated rings. The maximum atomic E-state index is 14.0. The standard InChI is InChI=1S/C34H48FNO2S/c1-32(2,3)39(6,7)38-26-21-33(4,5)20-25-27(26)29-28(30(36-25)22-12-8-9-13-22)31(23-14-16-24(35)17-15-23)37-34(29)18-10-11-19-34/h14-17,22,26,31H,8-13,18-21H2,1-7H3. The summed E-state index contributed by atoms with van der Waals surface area (Å²) in [6, 6.07) is 7.03. The SMILES string of the molecule is CC1(C)Cc2nc(C3CCCC3)c3c(c2C(OS(C)(C)C(C)(C)C)C1)C1(CCCC1)OC3c1ccc(F)cc1. The molecule has 2 aromatic rings. The number of rotatable bonds is 4. The van der Waals surface area contributed by atoms with E-state index in [2.05, 4.69) is 47.1 Å². The van der Waals surface area contributed by atoms with Gasteiger partial charge < -0.3 is 8.92 Å². The lowest BCUT2D eigenvalue weighted by molar-refractivity contribution is -0.0577. The number of fused-ring (bicyclic) bond motifs is 4. The zero-order valence-electron chi connectivity index (χ0n) is 25.2. The minimum absolute atomic E-state index is 0.0138. The Morgan fingerprint density at radius 2 is 1.62 bits per heavy atom. The van der Waals surface area contributed by atoms with Gasteiger partial charge in [-0.15, -0.1) is 10.3 Å². The molecule has 3 aliphatic carbocycles. The first-order chi connectivity index (χ1) is 18.3. The fraction of sp³-hybridized carbons (Fsp3) is 0.676. The van der Waals surface area contributed by atoms with Crippen LogP contribution in [0.3, 0.4) is 0 Å². The Morgan fingerprint density at radius 1 is 0.974 bits per heavy atom. The third kappa shape index (κ3) is 4.78. The number of halogens is 1. The van der Waals surface area contributed by atoms with Crippen LogP contribution in [0.5, 0.6) is 0 Å². The average Bonchev–Trinajstić information content (AvgIpc) is 3.59. The van der Waals surface area contributed by atoms with Crippen LogP contribution >= 0.6 is 10.3 Å². The van der Waals surface area contributed by atoms with E-state index in [0.29, 0.717) is 5.92 Å². The van der Waals surface area contributed by atoms with Crippen LogP contribution in [-0.2, 0) is 20.9 Å². The first-order valence-corrected chi connectivity index (χ1v) is 17.6. The maximum Gasteiger partial charge on any atom is 0.123 e. The van der Waals surface area contributed by atoms with Gasteiger partial charge in [0.2, 0.25) is 0 Å². The smallest absolute Gasteiger partial charge is 0.123 e. The molecule has 0 N–H and O–H groups in total. The second-order valence-electron chi connectivity index (χ2n) is 14.9. The largest absolute Gasteiger partial charge is 0.358 e. The summed E-state index contributed by atoms with van der Waals surface area (Å²) < 4.78 is 28.7. The Labute approximate surface area is 237 Å². The molecule has 2 heterocycles. The topological polar surface area (TPSA) is 31.4 Å². The zero-order valence-corrected chi connectivity index (χ0v) is 26.0. The number of nitrogens with zero attached hydrogens (tertiary/aromatic N) is 1. The molecular formula is C34H48FNO2S. The molecule has 3 nitrogen and oxygen atoms in total. The summed E-state index contributed by atoms with van der Waals surface area (Å²) in [4.78, 5) is 5.63. The molecule has 39 heavy (non-hydrogen) atoms. The molecule has 214 valence electrons. The summed E-state index contributed by atoms with van der Waals surface area (Å²) in [7, 11) is -1.35. The van der Waals surface area contributed by atoms with E-state index in [0.717, 1.165) is 31.2 Å². The summed E-state index contributed by atoms with van der Waals surface area (Å²) in [5, 5.41) is 0. The lowest BCUT2D eigenvalue weighted by atomic mass is 9.70. The van der Waals surface area contributed by atoms with Crippen molar-refractivity contribution >= 4 is 10.3 Å². The van der Waals surface area contributed by atoms with Gasteiger partial charge in [-0.1, -0.05) is 72.4 Å². The first kappa shape index (κ1) is 27.7. The van der Waals surface area contributed by atoms with E-state index in [1.807, 2.05) is 12.1 Å². The van der Waals surface area contributed by atoms with Crippen molar-refractivity contribution in [2.24, 2.45) is 5.41 Å². The van der Waals surface area contributed by atoms with Crippen molar-refractivity contribution in [2.45, 2.75) is 127 Å². The highest BCUT2D eigenvalue weighted by atomic mass is 32.3. The normalized spacial score (nSPS) is 26.7. The number of hydrogen-bond acceptors (Lipinski definition) is 3. The minimum atomic E-state index is -1.35. The third-order valence-electron chi connectivity index (χ3n) is 10.3. The third-order valence-corrected chi connectivity index (χ3v) is 14.0. The number of benzene rings is 1. The molecule has 2 unspecified atom stereocenters. The van der Waals surface area contributed by atoms with E-state index in [-0.39, 0.29) is 33.8 Å². The number of aromatic nitrogens is 1. The lowest BCUT2D eigenvalue weighted by Gasteiger charge is -2.49. The number of hydrogen-bond donors (Lipinski definition) is 0. The fourth-order valence-electron chi connectivity index (χ4n) is 7.61. The molecule has 0 saturated heterocycles. The van der Waals surface area contributed by atoms with Gasteiger partial charge in [0.1, 0.15) is 11.9 Å². The molecule has 4 aliphatic rings. The van der Waals surface area contributed by atoms with Crippen LogP contribution in [0.15, 0.2) is 24.3 Å². The van der Waals surface area contributed by atoms with Gasteiger partial charge in [0, 0.05) is 27.5 Å². The Bertz CT molecular complexity index is 1230. The Morgan fingerprint density at radius 3 is 2.23 bits per heavy atom. The van der Waals surface area contributed by atoms with Gasteiger partial charge in [0.05, 0.1) is 17.4 Å². The highest BCUT2D eigenvalue weighted by Crippen LogP contribution is 2.64. The highest BCUT2D eigenvalue weighted by molar-refractivity contribution is 8.29. The van der Waals surface area contributed by atoms with Crippen molar-refractivity contribution in [1.29, 1.82) is 0 Å². The molecular weight excluding hydrogens is 505 g/mol. The van der Waals surface area contributed by atoms with E-state index in [1.54, 1.807) is 12.1 Å². The van der Waals surface area contributed by atoms with Gasteiger partial charge in [0.15, 0.2) is 0 Å². The highest BCUT2D eigenvalue weighted by Gasteiger charge is 2.54. The summed E-state index contributed by atoms with van der Waals surface area (Å²) in [5.74, 6) is 0.281. The van der Waals surface area contributed by atoms with E-state index >= 15 is 0 Å². The van der Waals surface area contributed by atoms with E-state index < -0.39 is 10.3 Å². The molecule has 6 rings (SSSR count). The van der Waals surface area contributed by atoms with E-state index in [9.17, 15) is 4.39 Å². The van der Waals surface area contributed by atoms with Crippen molar-refractivity contribution in [3.05, 3.63) is 63.7 Å². The Hall–Kier alpha value is -1.43. The molecule has 1 aromatic carbocycles. The Balaban J connectivity index is 1.61. The second kappa shape index (κ2) is 9.56. The van der Waals surface area contributed by atoms with Crippen LogP contribution in [0.25, 0.3) is 0 Å². The number of ether oxygens (including phenoxy) is 1. The summed E-state index contributed by atoms with van der Waals surface area (Å²) in [6.07, 6.45) is 15.9. The molecule has 2 atom stereocenters. The van der Waals surface area contributed by atoms with E-state index in [1.165, 1.54) is 66.6 Å². The molecule has 1 aromatic heterocycles. The molecule has 1 aliphatic heterocycles. The average molecular weight is 554 g/mol. The van der Waals surface area contributed by atoms with Gasteiger partial charge in [-0.05, 0) is 79.7 Å². The van der Waals surface area contributed by atoms with E-state index in [4.69, 9.17) is 13.9 Å². The van der Waals surface area contributed by atoms with Crippen LogP contribution < -0.4 is 0 Å². The van der Waals surface area contributed by atoms with Gasteiger partial charge in [-0.3, -0.25) is 4.98 Å². The monoisotopic (exact) mass is 553 g/mol. The number of pyridine rings is 1. The van der Waals surface area contributed by atoms with Crippen LogP contribution in [0, 0.1) is 11.2 Å². The summed E-state index contributed by atoms with van der Waals surface area (Å²) >= 11 is 0. The predicted octanol–water partition coefficient (Wildman–Crippen LogP) is 9.57. The van der Waals surface area contributed by atoms with Crippen LogP contribution in [0.1, 0.15) is 144 Å². The molecule has 1 spiro atoms. The van der Waals surface area contributed by atoms with Crippen molar-refractivity contribution in [3.8, 4) is 0 Å². The second-order valence-corrected chi connectivity index (χ2v) is 18.7. The van der Waals surface area contributed by atoms with Crippen molar-refractivity contribution in [2.75, 3.05) is 12.5 Å². The predicted molar refractivity (Wildman–Crippen MR) is 160 cm³/mol. The quantitative estimate of drug-likeness (QED) is 0.378.